The highest BCUT2D eigenvalue weighted by molar-refractivity contribution is 9.10. The van der Waals surface area contributed by atoms with Crippen molar-refractivity contribution in [1.29, 1.82) is 5.26 Å². The zero-order valence-corrected chi connectivity index (χ0v) is 18.0. The van der Waals surface area contributed by atoms with Crippen molar-refractivity contribution >= 4 is 50.6 Å². The summed E-state index contributed by atoms with van der Waals surface area (Å²) in [7, 11) is 0. The average molecular weight is 479 g/mol. The molecule has 0 radical (unpaired) electrons. The fraction of sp³-hybridized carbons (Fsp3) is 0.200. The number of carbonyl (C=O) groups excluding carboxylic acids is 1. The molecule has 28 heavy (non-hydrogen) atoms. The minimum Gasteiger partial charge on any atom is -0.444 e. The van der Waals surface area contributed by atoms with Crippen molar-refractivity contribution in [3.63, 3.8) is 0 Å². The van der Waals surface area contributed by atoms with Crippen molar-refractivity contribution in [1.82, 2.24) is 4.90 Å². The van der Waals surface area contributed by atoms with Crippen LogP contribution < -0.4 is 5.32 Å². The van der Waals surface area contributed by atoms with E-state index in [0.29, 0.717) is 15.2 Å². The van der Waals surface area contributed by atoms with E-state index in [-0.39, 0.29) is 24.1 Å². The zero-order chi connectivity index (χ0) is 18.8. The molecule has 1 amide bonds. The number of halogens is 2. The summed E-state index contributed by atoms with van der Waals surface area (Å²) in [6.45, 7) is 2.56. The van der Waals surface area contributed by atoms with E-state index >= 15 is 0 Å². The molecule has 5 nitrogen and oxygen atoms in total. The summed E-state index contributed by atoms with van der Waals surface area (Å²) in [6.07, 6.45) is 0.809. The van der Waals surface area contributed by atoms with Crippen LogP contribution in [-0.2, 0) is 19.5 Å². The normalized spacial score (nSPS) is 13.3. The molecule has 0 saturated heterocycles. The summed E-state index contributed by atoms with van der Waals surface area (Å²) >= 11 is 4.67. The molecule has 0 spiro atoms. The highest BCUT2D eigenvalue weighted by Crippen LogP contribution is 2.37. The Balaban J connectivity index is 0.00000225. The number of nitriles is 1. The maximum atomic E-state index is 12.4. The number of anilines is 1. The third kappa shape index (κ3) is 4.31. The number of furan rings is 1. The van der Waals surface area contributed by atoms with E-state index in [1.54, 1.807) is 12.1 Å². The van der Waals surface area contributed by atoms with Crippen LogP contribution in [0.5, 0.6) is 0 Å². The van der Waals surface area contributed by atoms with Gasteiger partial charge in [0.15, 0.2) is 10.4 Å². The minimum atomic E-state index is -0.350. The van der Waals surface area contributed by atoms with Crippen LogP contribution in [0.2, 0.25) is 0 Å². The Morgan fingerprint density at radius 3 is 2.75 bits per heavy atom. The molecule has 0 aliphatic carbocycles. The average Bonchev–Trinajstić information content (AvgIpc) is 3.25. The highest BCUT2D eigenvalue weighted by Gasteiger charge is 2.26. The number of nitrogens with one attached hydrogen (secondary N) is 1. The zero-order valence-electron chi connectivity index (χ0n) is 14.8. The Bertz CT molecular complexity index is 1030. The second-order valence-corrected chi connectivity index (χ2v) is 8.21. The van der Waals surface area contributed by atoms with Crippen LogP contribution in [-0.4, -0.2) is 17.4 Å². The lowest BCUT2D eigenvalue weighted by atomic mass is 10.0. The summed E-state index contributed by atoms with van der Waals surface area (Å²) < 4.78 is 5.79. The van der Waals surface area contributed by atoms with Gasteiger partial charge >= 0.3 is 0 Å². The van der Waals surface area contributed by atoms with E-state index in [0.717, 1.165) is 36.5 Å². The van der Waals surface area contributed by atoms with Gasteiger partial charge in [-0.1, -0.05) is 30.3 Å². The lowest BCUT2D eigenvalue weighted by Crippen LogP contribution is -2.29. The highest BCUT2D eigenvalue weighted by atomic mass is 79.9. The van der Waals surface area contributed by atoms with Gasteiger partial charge in [-0.25, -0.2) is 0 Å². The van der Waals surface area contributed by atoms with Crippen LogP contribution in [0.4, 0.5) is 5.00 Å². The number of thiophene rings is 1. The van der Waals surface area contributed by atoms with Crippen molar-refractivity contribution in [3.8, 4) is 6.07 Å². The van der Waals surface area contributed by atoms with Crippen LogP contribution in [0.15, 0.2) is 51.6 Å². The second-order valence-electron chi connectivity index (χ2n) is 6.32. The quantitative estimate of drug-likeness (QED) is 0.559. The molecule has 8 heteroatoms. The molecular formula is C20H17BrClN3O2S. The van der Waals surface area contributed by atoms with Crippen LogP contribution in [0.3, 0.4) is 0 Å². The standard InChI is InChI=1S/C20H16BrN3O2S.ClH/c21-18-7-6-16(26-18)19(25)23-20-15(10-22)14-8-9-24(12-17(14)27-20)11-13-4-2-1-3-5-13;/h1-7H,8-9,11-12H2,(H,23,25);1H. The Labute approximate surface area is 181 Å². The third-order valence-electron chi connectivity index (χ3n) is 4.52. The Kier molecular flexibility index (Phi) is 6.57. The van der Waals surface area contributed by atoms with Gasteiger partial charge in [0.1, 0.15) is 11.1 Å². The van der Waals surface area contributed by atoms with Gasteiger partial charge < -0.3 is 9.73 Å². The maximum absolute atomic E-state index is 12.4. The topological polar surface area (TPSA) is 69.3 Å². The van der Waals surface area contributed by atoms with Crippen LogP contribution >= 0.6 is 39.7 Å². The molecule has 0 fully saturated rings. The maximum Gasteiger partial charge on any atom is 0.292 e. The number of rotatable bonds is 4. The first-order valence-electron chi connectivity index (χ1n) is 8.51. The summed E-state index contributed by atoms with van der Waals surface area (Å²) in [6, 6.07) is 15.9. The van der Waals surface area contributed by atoms with Crippen LogP contribution in [0, 0.1) is 11.3 Å². The molecular weight excluding hydrogens is 462 g/mol. The second kappa shape index (κ2) is 8.93. The SMILES string of the molecule is Cl.N#Cc1c(NC(=O)c2ccc(Br)o2)sc2c1CCN(Cc1ccccc1)C2. The van der Waals surface area contributed by atoms with E-state index in [9.17, 15) is 10.1 Å². The summed E-state index contributed by atoms with van der Waals surface area (Å²) in [5.74, 6) is -0.139. The lowest BCUT2D eigenvalue weighted by molar-refractivity contribution is 0.0996. The van der Waals surface area contributed by atoms with Crippen LogP contribution in [0.25, 0.3) is 0 Å². The van der Waals surface area contributed by atoms with Gasteiger partial charge in [-0.3, -0.25) is 9.69 Å². The van der Waals surface area contributed by atoms with E-state index < -0.39 is 0 Å². The van der Waals surface area contributed by atoms with Crippen molar-refractivity contribution in [3.05, 3.63) is 74.5 Å². The number of hydrogen-bond acceptors (Lipinski definition) is 5. The van der Waals surface area contributed by atoms with Crippen molar-refractivity contribution in [2.24, 2.45) is 0 Å². The van der Waals surface area contributed by atoms with E-state index in [1.165, 1.54) is 16.9 Å². The Morgan fingerprint density at radius 2 is 2.07 bits per heavy atom. The predicted octanol–water partition coefficient (Wildman–Crippen LogP) is 5.21. The fourth-order valence-corrected chi connectivity index (χ4v) is 4.78. The van der Waals surface area contributed by atoms with Gasteiger partial charge in [-0.15, -0.1) is 23.7 Å². The van der Waals surface area contributed by atoms with E-state index in [1.807, 2.05) is 18.2 Å². The smallest absolute Gasteiger partial charge is 0.292 e. The molecule has 1 aliphatic heterocycles. The molecule has 3 aromatic rings. The van der Waals surface area contributed by atoms with Crippen LogP contribution in [0.1, 0.15) is 32.1 Å². The third-order valence-corrected chi connectivity index (χ3v) is 6.08. The largest absolute Gasteiger partial charge is 0.444 e. The van der Waals surface area contributed by atoms with Gasteiger partial charge in [0.2, 0.25) is 0 Å². The Morgan fingerprint density at radius 1 is 1.29 bits per heavy atom. The molecule has 0 atom stereocenters. The molecule has 1 N–H and O–H groups in total. The number of benzene rings is 1. The number of nitrogens with zero attached hydrogens (tertiary/aromatic N) is 2. The predicted molar refractivity (Wildman–Crippen MR) is 115 cm³/mol. The van der Waals surface area contributed by atoms with Crippen molar-refractivity contribution in [2.75, 3.05) is 11.9 Å². The van der Waals surface area contributed by atoms with E-state index in [2.05, 4.69) is 44.3 Å². The summed E-state index contributed by atoms with van der Waals surface area (Å²) in [5, 5.41) is 13.0. The van der Waals surface area contributed by atoms with Gasteiger partial charge in [0, 0.05) is 24.5 Å². The number of hydrogen-bond donors (Lipinski definition) is 1. The molecule has 3 heterocycles. The molecule has 0 bridgehead atoms. The number of amides is 1. The first-order valence-corrected chi connectivity index (χ1v) is 10.1. The fourth-order valence-electron chi connectivity index (χ4n) is 3.24. The van der Waals surface area contributed by atoms with Crippen molar-refractivity contribution < 1.29 is 9.21 Å². The molecule has 4 rings (SSSR count). The molecule has 2 aromatic heterocycles. The summed E-state index contributed by atoms with van der Waals surface area (Å²) in [4.78, 5) is 15.9. The lowest BCUT2D eigenvalue weighted by Gasteiger charge is -2.26. The monoisotopic (exact) mass is 477 g/mol. The van der Waals surface area contributed by atoms with E-state index in [4.69, 9.17) is 4.42 Å². The minimum absolute atomic E-state index is 0. The summed E-state index contributed by atoms with van der Waals surface area (Å²) in [5.41, 5.74) is 2.91. The van der Waals surface area contributed by atoms with Gasteiger partial charge in [0.25, 0.3) is 5.91 Å². The van der Waals surface area contributed by atoms with Gasteiger partial charge in [-0.05, 0) is 45.6 Å². The molecule has 1 aromatic carbocycles. The molecule has 0 saturated carbocycles. The van der Waals surface area contributed by atoms with Crippen molar-refractivity contribution in [2.45, 2.75) is 19.5 Å². The van der Waals surface area contributed by atoms with Gasteiger partial charge in [-0.2, -0.15) is 5.26 Å². The molecule has 0 unspecified atom stereocenters. The first kappa shape index (κ1) is 20.6. The number of fused-ring (bicyclic) bond motifs is 1. The number of carbonyl (C=O) groups is 1. The molecule has 1 aliphatic rings. The molecule has 144 valence electrons. The first-order chi connectivity index (χ1) is 13.1. The van der Waals surface area contributed by atoms with Gasteiger partial charge in [0.05, 0.1) is 5.56 Å². The Hall–Kier alpha value is -2.11.